The maximum absolute atomic E-state index is 12.9. The van der Waals surface area contributed by atoms with Gasteiger partial charge in [-0.15, -0.1) is 0 Å². The molecular weight excluding hydrogens is 461 g/mol. The lowest BCUT2D eigenvalue weighted by Crippen LogP contribution is -2.53. The molecule has 0 saturated carbocycles. The Morgan fingerprint density at radius 2 is 1.88 bits per heavy atom. The Morgan fingerprint density at radius 1 is 1.21 bits per heavy atom. The number of benzene rings is 1. The SMILES string of the molecule is Cc1cc(C(=O)NC[C@@H]2CS(=O)(=O)CC(=O)N2)nc2c(C(C)(C)C)cc(NC(F)(F)F)cc12. The first-order chi connectivity index (χ1) is 15.0. The summed E-state index contributed by atoms with van der Waals surface area (Å²) in [6.07, 6.45) is -4.61. The third kappa shape index (κ3) is 6.12. The Morgan fingerprint density at radius 3 is 2.45 bits per heavy atom. The highest BCUT2D eigenvalue weighted by atomic mass is 32.2. The van der Waals surface area contributed by atoms with Crippen LogP contribution in [0.2, 0.25) is 0 Å². The van der Waals surface area contributed by atoms with Crippen LogP contribution in [0.25, 0.3) is 10.9 Å². The largest absolute Gasteiger partial charge is 0.482 e. The number of aryl methyl sites for hydroxylation is 1. The maximum atomic E-state index is 12.9. The number of carbonyl (C=O) groups is 2. The molecule has 3 N–H and O–H groups in total. The van der Waals surface area contributed by atoms with Gasteiger partial charge in [0.25, 0.3) is 5.91 Å². The molecule has 1 fully saturated rings. The van der Waals surface area contributed by atoms with E-state index in [1.54, 1.807) is 6.92 Å². The molecule has 2 amide bonds. The average molecular weight is 487 g/mol. The van der Waals surface area contributed by atoms with Gasteiger partial charge in [-0.2, -0.15) is 13.2 Å². The highest BCUT2D eigenvalue weighted by molar-refractivity contribution is 7.92. The van der Waals surface area contributed by atoms with E-state index >= 15 is 0 Å². The fraction of sp³-hybridized carbons (Fsp3) is 0.476. The number of sulfone groups is 1. The van der Waals surface area contributed by atoms with Crippen LogP contribution in [0.15, 0.2) is 18.2 Å². The molecule has 12 heteroatoms. The van der Waals surface area contributed by atoms with E-state index in [0.29, 0.717) is 22.0 Å². The van der Waals surface area contributed by atoms with Gasteiger partial charge in [-0.05, 0) is 41.7 Å². The molecular formula is C21H25F3N4O4S. The number of hydrogen-bond donors (Lipinski definition) is 3. The summed E-state index contributed by atoms with van der Waals surface area (Å²) in [5.41, 5.74) is 0.805. The number of nitrogens with one attached hydrogen (secondary N) is 3. The normalized spacial score (nSPS) is 18.6. The first-order valence-corrected chi connectivity index (χ1v) is 11.9. The fourth-order valence-corrected chi connectivity index (χ4v) is 5.12. The van der Waals surface area contributed by atoms with Crippen LogP contribution in [-0.2, 0) is 20.0 Å². The van der Waals surface area contributed by atoms with Crippen molar-refractivity contribution in [3.8, 4) is 0 Å². The third-order valence-corrected chi connectivity index (χ3v) is 6.74. The molecule has 0 unspecified atom stereocenters. The van der Waals surface area contributed by atoms with E-state index in [1.165, 1.54) is 23.5 Å². The van der Waals surface area contributed by atoms with Crippen LogP contribution in [0.3, 0.4) is 0 Å². The number of pyridine rings is 1. The number of nitrogens with zero attached hydrogens (tertiary/aromatic N) is 1. The van der Waals surface area contributed by atoms with Gasteiger partial charge in [-0.1, -0.05) is 20.8 Å². The topological polar surface area (TPSA) is 117 Å². The summed E-state index contributed by atoms with van der Waals surface area (Å²) in [7, 11) is -3.53. The zero-order chi connectivity index (χ0) is 24.8. The molecule has 0 bridgehead atoms. The molecule has 1 aromatic heterocycles. The van der Waals surface area contributed by atoms with Crippen molar-refractivity contribution in [2.24, 2.45) is 0 Å². The molecule has 0 spiro atoms. The summed E-state index contributed by atoms with van der Waals surface area (Å²) in [5.74, 6) is -2.08. The van der Waals surface area contributed by atoms with Crippen molar-refractivity contribution in [1.29, 1.82) is 0 Å². The van der Waals surface area contributed by atoms with Gasteiger partial charge in [0.2, 0.25) is 5.91 Å². The molecule has 2 heterocycles. The van der Waals surface area contributed by atoms with Gasteiger partial charge in [-0.25, -0.2) is 13.4 Å². The Balaban J connectivity index is 1.94. The number of rotatable bonds is 4. The van der Waals surface area contributed by atoms with Gasteiger partial charge in [-0.3, -0.25) is 14.9 Å². The van der Waals surface area contributed by atoms with Gasteiger partial charge < -0.3 is 10.6 Å². The molecule has 180 valence electrons. The number of aromatic nitrogens is 1. The Kier molecular flexibility index (Phi) is 6.35. The molecule has 1 atom stereocenters. The second kappa shape index (κ2) is 8.47. The minimum Gasteiger partial charge on any atom is -0.350 e. The highest BCUT2D eigenvalue weighted by Crippen LogP contribution is 2.35. The second-order valence-electron chi connectivity index (χ2n) is 9.15. The highest BCUT2D eigenvalue weighted by Gasteiger charge is 2.31. The van der Waals surface area contributed by atoms with Crippen molar-refractivity contribution in [2.75, 3.05) is 23.4 Å². The Bertz CT molecular complexity index is 1220. The molecule has 2 aromatic rings. The van der Waals surface area contributed by atoms with Crippen molar-refractivity contribution < 1.29 is 31.2 Å². The first kappa shape index (κ1) is 24.7. The molecule has 8 nitrogen and oxygen atoms in total. The standard InChI is InChI=1S/C21H25F3N4O4S/c1-11-5-16(19(30)25-8-13-9-33(31,32)10-17(29)26-13)27-18-14(11)6-12(28-21(22,23)24)7-15(18)20(2,3)4/h5-7,13,28H,8-10H2,1-4H3,(H,25,30)(H,26,29)/t13-/m1/s1. The number of anilines is 1. The quantitative estimate of drug-likeness (QED) is 0.572. The van der Waals surface area contributed by atoms with Gasteiger partial charge in [0.05, 0.1) is 17.3 Å². The fourth-order valence-electron chi connectivity index (χ4n) is 3.71. The van der Waals surface area contributed by atoms with Crippen molar-refractivity contribution in [2.45, 2.75) is 45.5 Å². The van der Waals surface area contributed by atoms with Gasteiger partial charge in [0, 0.05) is 17.6 Å². The van der Waals surface area contributed by atoms with E-state index in [4.69, 9.17) is 0 Å². The van der Waals surface area contributed by atoms with Crippen molar-refractivity contribution >= 4 is 38.2 Å². The van der Waals surface area contributed by atoms with Crippen LogP contribution in [-0.4, -0.2) is 55.6 Å². The predicted octanol–water partition coefficient (Wildman–Crippen LogP) is 2.42. The van der Waals surface area contributed by atoms with Gasteiger partial charge in [0.1, 0.15) is 11.4 Å². The molecule has 33 heavy (non-hydrogen) atoms. The van der Waals surface area contributed by atoms with E-state index in [1.807, 2.05) is 20.8 Å². The molecule has 3 rings (SSSR count). The zero-order valence-electron chi connectivity index (χ0n) is 18.6. The summed E-state index contributed by atoms with van der Waals surface area (Å²) in [6, 6.07) is 3.40. The minimum atomic E-state index is -4.61. The smallest absolute Gasteiger partial charge is 0.350 e. The summed E-state index contributed by atoms with van der Waals surface area (Å²) in [4.78, 5) is 28.7. The number of halogens is 3. The van der Waals surface area contributed by atoms with Crippen LogP contribution in [0.5, 0.6) is 0 Å². The number of alkyl halides is 3. The molecule has 1 saturated heterocycles. The van der Waals surface area contributed by atoms with Crippen LogP contribution in [0, 0.1) is 6.92 Å². The first-order valence-electron chi connectivity index (χ1n) is 10.1. The lowest BCUT2D eigenvalue weighted by molar-refractivity contribution is -0.119. The third-order valence-electron chi connectivity index (χ3n) is 5.13. The zero-order valence-corrected chi connectivity index (χ0v) is 19.4. The van der Waals surface area contributed by atoms with E-state index in [0.717, 1.165) is 0 Å². The van der Waals surface area contributed by atoms with Gasteiger partial charge in [0.15, 0.2) is 9.84 Å². The van der Waals surface area contributed by atoms with E-state index in [-0.39, 0.29) is 23.7 Å². The van der Waals surface area contributed by atoms with Crippen LogP contribution < -0.4 is 16.0 Å². The van der Waals surface area contributed by atoms with E-state index < -0.39 is 45.2 Å². The summed E-state index contributed by atoms with van der Waals surface area (Å²) >= 11 is 0. The molecule has 1 aliphatic rings. The molecule has 1 aromatic carbocycles. The van der Waals surface area contributed by atoms with Crippen LogP contribution in [0.4, 0.5) is 18.9 Å². The summed E-state index contributed by atoms with van der Waals surface area (Å²) in [6.45, 7) is 7.04. The monoisotopic (exact) mass is 486 g/mol. The van der Waals surface area contributed by atoms with Crippen LogP contribution in [0.1, 0.15) is 42.4 Å². The number of fused-ring (bicyclic) bond motifs is 1. The molecule has 0 aliphatic carbocycles. The van der Waals surface area contributed by atoms with E-state index in [2.05, 4.69) is 15.6 Å². The van der Waals surface area contributed by atoms with Gasteiger partial charge >= 0.3 is 6.30 Å². The van der Waals surface area contributed by atoms with Crippen molar-refractivity contribution in [3.05, 3.63) is 35.0 Å². The number of amides is 2. The minimum absolute atomic E-state index is 0.0343. The Labute approximate surface area is 189 Å². The average Bonchev–Trinajstić information content (AvgIpc) is 2.62. The summed E-state index contributed by atoms with van der Waals surface area (Å²) in [5, 5.41) is 7.09. The predicted molar refractivity (Wildman–Crippen MR) is 118 cm³/mol. The number of hydrogen-bond acceptors (Lipinski definition) is 6. The lowest BCUT2D eigenvalue weighted by Gasteiger charge is -2.24. The molecule has 1 aliphatic heterocycles. The molecule has 0 radical (unpaired) electrons. The maximum Gasteiger partial charge on any atom is 0.482 e. The number of carbonyl (C=O) groups excluding carboxylic acids is 2. The van der Waals surface area contributed by atoms with Crippen LogP contribution >= 0.6 is 0 Å². The summed E-state index contributed by atoms with van der Waals surface area (Å²) < 4.78 is 62.2. The second-order valence-corrected chi connectivity index (χ2v) is 11.3. The van der Waals surface area contributed by atoms with Crippen molar-refractivity contribution in [1.82, 2.24) is 15.6 Å². The Hall–Kier alpha value is -2.89. The lowest BCUT2D eigenvalue weighted by atomic mass is 9.84. The van der Waals surface area contributed by atoms with E-state index in [9.17, 15) is 31.2 Å². The van der Waals surface area contributed by atoms with Crippen molar-refractivity contribution in [3.63, 3.8) is 0 Å².